The smallest absolute Gasteiger partial charge is 0.304 e. The van der Waals surface area contributed by atoms with Gasteiger partial charge < -0.3 is 10.8 Å². The molecule has 4 saturated carbocycles. The van der Waals surface area contributed by atoms with Crippen molar-refractivity contribution in [2.75, 3.05) is 0 Å². The van der Waals surface area contributed by atoms with Gasteiger partial charge in [-0.15, -0.1) is 12.4 Å². The van der Waals surface area contributed by atoms with Crippen LogP contribution in [-0.4, -0.2) is 17.1 Å². The summed E-state index contributed by atoms with van der Waals surface area (Å²) in [6.07, 6.45) is 7.93. The average Bonchev–Trinajstić information content (AvgIpc) is 2.13. The van der Waals surface area contributed by atoms with Crippen molar-refractivity contribution in [1.82, 2.24) is 0 Å². The van der Waals surface area contributed by atoms with Gasteiger partial charge in [-0.3, -0.25) is 4.79 Å². The Hall–Kier alpha value is -0.280. The summed E-state index contributed by atoms with van der Waals surface area (Å²) in [5, 5.41) is 8.91. The van der Waals surface area contributed by atoms with Crippen LogP contribution in [0.15, 0.2) is 0 Å². The summed E-state index contributed by atoms with van der Waals surface area (Å²) in [7, 11) is 0. The maximum Gasteiger partial charge on any atom is 0.304 e. The molecule has 4 aliphatic rings. The number of carboxylic acid groups (broad SMARTS) is 1. The molecule has 0 heterocycles. The van der Waals surface area contributed by atoms with Gasteiger partial charge in [0, 0.05) is 6.04 Å². The van der Waals surface area contributed by atoms with Crippen molar-refractivity contribution < 1.29 is 9.90 Å². The van der Waals surface area contributed by atoms with Gasteiger partial charge in [0.2, 0.25) is 0 Å². The SMILES string of the molecule is Cl.NC(CC(=O)O)C12CC3CC(CC(C3)C1)C2. The quantitative estimate of drug-likeness (QED) is 0.818. The van der Waals surface area contributed by atoms with Crippen molar-refractivity contribution in [2.24, 2.45) is 28.9 Å². The van der Waals surface area contributed by atoms with E-state index in [9.17, 15) is 4.79 Å². The fraction of sp³-hybridized carbons (Fsp3) is 0.923. The average molecular weight is 260 g/mol. The normalized spacial score (nSPS) is 44.2. The molecular formula is C13H22ClNO2. The standard InChI is InChI=1S/C13H21NO2.ClH/c14-11(4-12(15)16)13-5-8-1-9(6-13)3-10(2-8)7-13;/h8-11H,1-7,14H2,(H,15,16);1H. The van der Waals surface area contributed by atoms with E-state index < -0.39 is 5.97 Å². The Morgan fingerprint density at radius 3 is 1.94 bits per heavy atom. The number of halogens is 1. The number of rotatable bonds is 3. The number of carboxylic acids is 1. The highest BCUT2D eigenvalue weighted by Gasteiger charge is 2.53. The van der Waals surface area contributed by atoms with E-state index in [0.29, 0.717) is 0 Å². The van der Waals surface area contributed by atoms with Crippen LogP contribution in [0.2, 0.25) is 0 Å². The maximum atomic E-state index is 10.8. The van der Waals surface area contributed by atoms with Crippen LogP contribution < -0.4 is 5.73 Å². The molecule has 0 aliphatic heterocycles. The van der Waals surface area contributed by atoms with Crippen LogP contribution >= 0.6 is 12.4 Å². The molecule has 0 aromatic rings. The van der Waals surface area contributed by atoms with E-state index in [4.69, 9.17) is 10.8 Å². The number of hydrogen-bond donors (Lipinski definition) is 2. The molecule has 3 nitrogen and oxygen atoms in total. The number of nitrogens with two attached hydrogens (primary N) is 1. The molecule has 3 N–H and O–H groups in total. The number of aliphatic carboxylic acids is 1. The third-order valence-electron chi connectivity index (χ3n) is 5.27. The monoisotopic (exact) mass is 259 g/mol. The Bertz CT molecular complexity index is 283. The highest BCUT2D eigenvalue weighted by molar-refractivity contribution is 5.85. The van der Waals surface area contributed by atoms with E-state index in [1.54, 1.807) is 0 Å². The van der Waals surface area contributed by atoms with Crippen LogP contribution in [0.25, 0.3) is 0 Å². The van der Waals surface area contributed by atoms with Crippen LogP contribution in [0.1, 0.15) is 44.9 Å². The second-order valence-electron chi connectivity index (χ2n) is 6.48. The molecule has 1 atom stereocenters. The Labute approximate surface area is 109 Å². The topological polar surface area (TPSA) is 63.3 Å². The first-order valence-corrected chi connectivity index (χ1v) is 6.55. The summed E-state index contributed by atoms with van der Waals surface area (Å²) in [6.45, 7) is 0. The van der Waals surface area contributed by atoms with Crippen LogP contribution in [0, 0.1) is 23.2 Å². The van der Waals surface area contributed by atoms with E-state index in [0.717, 1.165) is 17.8 Å². The van der Waals surface area contributed by atoms with E-state index in [-0.39, 0.29) is 30.3 Å². The lowest BCUT2D eigenvalue weighted by atomic mass is 9.47. The highest BCUT2D eigenvalue weighted by Crippen LogP contribution is 2.61. The molecule has 4 fully saturated rings. The van der Waals surface area contributed by atoms with Crippen LogP contribution in [0.3, 0.4) is 0 Å². The molecule has 98 valence electrons. The fourth-order valence-electron chi connectivity index (χ4n) is 5.04. The lowest BCUT2D eigenvalue weighted by Crippen LogP contribution is -2.55. The van der Waals surface area contributed by atoms with Crippen molar-refractivity contribution in [3.63, 3.8) is 0 Å². The maximum absolute atomic E-state index is 10.8. The first kappa shape index (κ1) is 13.2. The molecule has 4 rings (SSSR count). The second kappa shape index (κ2) is 4.43. The van der Waals surface area contributed by atoms with Crippen LogP contribution in [0.5, 0.6) is 0 Å². The van der Waals surface area contributed by atoms with E-state index in [1.165, 1.54) is 38.5 Å². The molecule has 0 aromatic carbocycles. The minimum atomic E-state index is -0.733. The Balaban J connectivity index is 0.00000108. The van der Waals surface area contributed by atoms with Gasteiger partial charge >= 0.3 is 5.97 Å². The zero-order chi connectivity index (χ0) is 11.3. The molecule has 0 spiro atoms. The van der Waals surface area contributed by atoms with Gasteiger partial charge in [0.15, 0.2) is 0 Å². The predicted molar refractivity (Wildman–Crippen MR) is 68.1 cm³/mol. The second-order valence-corrected chi connectivity index (χ2v) is 6.48. The molecule has 17 heavy (non-hydrogen) atoms. The molecule has 4 heteroatoms. The van der Waals surface area contributed by atoms with Crippen molar-refractivity contribution >= 4 is 18.4 Å². The Morgan fingerprint density at radius 1 is 1.18 bits per heavy atom. The van der Waals surface area contributed by atoms with Gasteiger partial charge in [-0.25, -0.2) is 0 Å². The van der Waals surface area contributed by atoms with Crippen molar-refractivity contribution in [3.05, 3.63) is 0 Å². The Kier molecular flexibility index (Phi) is 3.43. The minimum absolute atomic E-state index is 0. The van der Waals surface area contributed by atoms with Gasteiger partial charge in [-0.05, 0) is 61.7 Å². The van der Waals surface area contributed by atoms with Crippen molar-refractivity contribution in [2.45, 2.75) is 51.0 Å². The minimum Gasteiger partial charge on any atom is -0.481 e. The van der Waals surface area contributed by atoms with Gasteiger partial charge in [0.1, 0.15) is 0 Å². The van der Waals surface area contributed by atoms with Crippen molar-refractivity contribution in [1.29, 1.82) is 0 Å². The van der Waals surface area contributed by atoms with E-state index in [2.05, 4.69) is 0 Å². The molecule has 0 radical (unpaired) electrons. The number of carbonyl (C=O) groups is 1. The summed E-state index contributed by atoms with van der Waals surface area (Å²) in [5.74, 6) is 1.83. The van der Waals surface area contributed by atoms with Crippen molar-refractivity contribution in [3.8, 4) is 0 Å². The summed E-state index contributed by atoms with van der Waals surface area (Å²) in [5.41, 5.74) is 6.38. The zero-order valence-electron chi connectivity index (χ0n) is 10.1. The Morgan fingerprint density at radius 2 is 1.59 bits per heavy atom. The lowest BCUT2D eigenvalue weighted by Gasteiger charge is -2.58. The highest BCUT2D eigenvalue weighted by atomic mass is 35.5. The zero-order valence-corrected chi connectivity index (χ0v) is 10.9. The van der Waals surface area contributed by atoms with Crippen LogP contribution in [0.4, 0.5) is 0 Å². The molecular weight excluding hydrogens is 238 g/mol. The third-order valence-corrected chi connectivity index (χ3v) is 5.27. The molecule has 4 bridgehead atoms. The van der Waals surface area contributed by atoms with Gasteiger partial charge in [0.05, 0.1) is 6.42 Å². The number of hydrogen-bond acceptors (Lipinski definition) is 2. The molecule has 0 saturated heterocycles. The molecule has 0 amide bonds. The summed E-state index contributed by atoms with van der Waals surface area (Å²) in [6, 6.07) is -0.113. The third kappa shape index (κ3) is 2.19. The van der Waals surface area contributed by atoms with E-state index >= 15 is 0 Å². The van der Waals surface area contributed by atoms with Gasteiger partial charge in [-0.2, -0.15) is 0 Å². The van der Waals surface area contributed by atoms with E-state index in [1.807, 2.05) is 0 Å². The summed E-state index contributed by atoms with van der Waals surface area (Å²) < 4.78 is 0. The summed E-state index contributed by atoms with van der Waals surface area (Å²) in [4.78, 5) is 10.8. The first-order chi connectivity index (χ1) is 7.57. The predicted octanol–water partition coefficient (Wildman–Crippen LogP) is 2.43. The van der Waals surface area contributed by atoms with Gasteiger partial charge in [-0.1, -0.05) is 0 Å². The largest absolute Gasteiger partial charge is 0.481 e. The lowest BCUT2D eigenvalue weighted by molar-refractivity contribution is -0.140. The molecule has 4 aliphatic carbocycles. The van der Waals surface area contributed by atoms with Gasteiger partial charge in [0.25, 0.3) is 0 Å². The van der Waals surface area contributed by atoms with Crippen LogP contribution in [-0.2, 0) is 4.79 Å². The molecule has 0 aromatic heterocycles. The molecule has 1 unspecified atom stereocenters. The summed E-state index contributed by atoms with van der Waals surface area (Å²) >= 11 is 0. The first-order valence-electron chi connectivity index (χ1n) is 6.55. The fourth-order valence-corrected chi connectivity index (χ4v) is 5.04.